The van der Waals surface area contributed by atoms with E-state index in [4.69, 9.17) is 5.73 Å². The second-order valence-corrected chi connectivity index (χ2v) is 5.51. The molecule has 1 aromatic carbocycles. The van der Waals surface area contributed by atoms with Crippen LogP contribution in [0.5, 0.6) is 0 Å². The van der Waals surface area contributed by atoms with E-state index >= 15 is 0 Å². The number of hydrogen-bond acceptors (Lipinski definition) is 2. The van der Waals surface area contributed by atoms with Gasteiger partial charge >= 0.3 is 0 Å². The predicted octanol–water partition coefficient (Wildman–Crippen LogP) is 2.08. The molecule has 3 N–H and O–H groups in total. The van der Waals surface area contributed by atoms with Crippen molar-refractivity contribution in [3.8, 4) is 0 Å². The lowest BCUT2D eigenvalue weighted by Crippen LogP contribution is -2.58. The molecule has 0 aliphatic rings. The number of nitrogens with two attached hydrogens (primary N) is 1. The predicted molar refractivity (Wildman–Crippen MR) is 74.0 cm³/mol. The van der Waals surface area contributed by atoms with Crippen molar-refractivity contribution >= 4 is 27.7 Å². The Labute approximate surface area is 115 Å². The summed E-state index contributed by atoms with van der Waals surface area (Å²) in [5.74, 6) is -0.961. The molecule has 5 heteroatoms. The maximum absolute atomic E-state index is 12.1. The summed E-state index contributed by atoms with van der Waals surface area (Å²) in [4.78, 5) is 23.7. The molecule has 1 aromatic rings. The van der Waals surface area contributed by atoms with Gasteiger partial charge in [0.25, 0.3) is 5.91 Å². The molecule has 0 aromatic heterocycles. The molecule has 0 heterocycles. The number of nitrogens with one attached hydrogen (secondary N) is 1. The smallest absolute Gasteiger partial charge is 0.253 e. The van der Waals surface area contributed by atoms with Crippen molar-refractivity contribution in [1.82, 2.24) is 5.32 Å². The number of primary amides is 1. The highest BCUT2D eigenvalue weighted by molar-refractivity contribution is 9.10. The van der Waals surface area contributed by atoms with Gasteiger partial charge < -0.3 is 11.1 Å². The van der Waals surface area contributed by atoms with E-state index in [1.807, 2.05) is 19.9 Å². The van der Waals surface area contributed by atoms with E-state index in [2.05, 4.69) is 21.2 Å². The zero-order chi connectivity index (χ0) is 13.9. The maximum atomic E-state index is 12.1. The standard InChI is InChI=1S/C13H17BrN2O2/c1-8(2)13(3,12(15)18)16-11(17)9-6-4-5-7-10(9)14/h4-8H,1-3H3,(H2,15,18)(H,16,17)/t13-/m1/s1. The second kappa shape index (κ2) is 5.52. The molecule has 0 radical (unpaired) electrons. The van der Waals surface area contributed by atoms with Crippen LogP contribution in [0.1, 0.15) is 31.1 Å². The molecule has 18 heavy (non-hydrogen) atoms. The van der Waals surface area contributed by atoms with Crippen LogP contribution in [-0.4, -0.2) is 17.4 Å². The van der Waals surface area contributed by atoms with E-state index in [1.54, 1.807) is 25.1 Å². The first kappa shape index (κ1) is 14.7. The van der Waals surface area contributed by atoms with E-state index in [1.165, 1.54) is 0 Å². The van der Waals surface area contributed by atoms with E-state index < -0.39 is 11.4 Å². The molecular formula is C13H17BrN2O2. The lowest BCUT2D eigenvalue weighted by Gasteiger charge is -2.31. The van der Waals surface area contributed by atoms with Gasteiger partial charge in [-0.25, -0.2) is 0 Å². The monoisotopic (exact) mass is 312 g/mol. The molecule has 0 unspecified atom stereocenters. The van der Waals surface area contributed by atoms with Crippen LogP contribution in [0.15, 0.2) is 28.7 Å². The van der Waals surface area contributed by atoms with Gasteiger partial charge in [-0.1, -0.05) is 26.0 Å². The molecule has 0 spiro atoms. The minimum atomic E-state index is -1.06. The van der Waals surface area contributed by atoms with Gasteiger partial charge in [-0.15, -0.1) is 0 Å². The van der Waals surface area contributed by atoms with Crippen molar-refractivity contribution in [3.63, 3.8) is 0 Å². The van der Waals surface area contributed by atoms with Crippen molar-refractivity contribution in [2.24, 2.45) is 11.7 Å². The first-order valence-electron chi connectivity index (χ1n) is 5.66. The molecule has 0 aliphatic heterocycles. The summed E-state index contributed by atoms with van der Waals surface area (Å²) in [5, 5.41) is 2.71. The Kier molecular flexibility index (Phi) is 4.51. The van der Waals surface area contributed by atoms with Crippen LogP contribution in [-0.2, 0) is 4.79 Å². The van der Waals surface area contributed by atoms with Crippen molar-refractivity contribution in [3.05, 3.63) is 34.3 Å². The summed E-state index contributed by atoms with van der Waals surface area (Å²) < 4.78 is 0.679. The first-order valence-corrected chi connectivity index (χ1v) is 6.45. The van der Waals surface area contributed by atoms with Gasteiger partial charge in [-0.05, 0) is 40.9 Å². The highest BCUT2D eigenvalue weighted by Crippen LogP contribution is 2.20. The highest BCUT2D eigenvalue weighted by Gasteiger charge is 2.36. The molecule has 0 saturated carbocycles. The van der Waals surface area contributed by atoms with Crippen LogP contribution in [0.25, 0.3) is 0 Å². The lowest BCUT2D eigenvalue weighted by atomic mass is 9.87. The van der Waals surface area contributed by atoms with Gasteiger partial charge in [0, 0.05) is 4.47 Å². The largest absolute Gasteiger partial charge is 0.368 e. The summed E-state index contributed by atoms with van der Waals surface area (Å²) in [7, 11) is 0. The average Bonchev–Trinajstić information content (AvgIpc) is 2.28. The fourth-order valence-electron chi connectivity index (χ4n) is 1.44. The van der Waals surface area contributed by atoms with Crippen LogP contribution in [0.2, 0.25) is 0 Å². The van der Waals surface area contributed by atoms with Gasteiger partial charge in [0.2, 0.25) is 5.91 Å². The number of rotatable bonds is 4. The van der Waals surface area contributed by atoms with E-state index in [9.17, 15) is 9.59 Å². The fraction of sp³-hybridized carbons (Fsp3) is 0.385. The van der Waals surface area contributed by atoms with Crippen LogP contribution < -0.4 is 11.1 Å². The number of hydrogen-bond donors (Lipinski definition) is 2. The number of carbonyl (C=O) groups excluding carboxylic acids is 2. The molecule has 0 aliphatic carbocycles. The Morgan fingerprint density at radius 2 is 1.89 bits per heavy atom. The van der Waals surface area contributed by atoms with Crippen LogP contribution in [0, 0.1) is 5.92 Å². The third-order valence-electron chi connectivity index (χ3n) is 3.16. The summed E-state index contributed by atoms with van der Waals surface area (Å²) in [6.45, 7) is 5.31. The topological polar surface area (TPSA) is 72.2 Å². The summed E-state index contributed by atoms with van der Waals surface area (Å²) in [6, 6.07) is 7.03. The molecule has 0 saturated heterocycles. The lowest BCUT2D eigenvalue weighted by molar-refractivity contribution is -0.125. The quantitative estimate of drug-likeness (QED) is 0.893. The molecule has 2 amide bonds. The maximum Gasteiger partial charge on any atom is 0.253 e. The van der Waals surface area contributed by atoms with Gasteiger partial charge in [0.05, 0.1) is 5.56 Å². The summed E-state index contributed by atoms with van der Waals surface area (Å²) in [6.07, 6.45) is 0. The Balaban J connectivity index is 3.00. The van der Waals surface area contributed by atoms with Gasteiger partial charge in [-0.3, -0.25) is 9.59 Å². The van der Waals surface area contributed by atoms with Gasteiger partial charge in [-0.2, -0.15) is 0 Å². The minimum Gasteiger partial charge on any atom is -0.368 e. The van der Waals surface area contributed by atoms with E-state index in [0.29, 0.717) is 10.0 Å². The van der Waals surface area contributed by atoms with E-state index in [-0.39, 0.29) is 11.8 Å². The van der Waals surface area contributed by atoms with Crippen LogP contribution in [0.4, 0.5) is 0 Å². The van der Waals surface area contributed by atoms with Crippen LogP contribution >= 0.6 is 15.9 Å². The molecule has 0 bridgehead atoms. The minimum absolute atomic E-state index is 0.0959. The van der Waals surface area contributed by atoms with E-state index in [0.717, 1.165) is 0 Å². The Bertz CT molecular complexity index is 474. The SMILES string of the molecule is CC(C)[C@@](C)(NC(=O)c1ccccc1Br)C(N)=O. The Hall–Kier alpha value is -1.36. The zero-order valence-electron chi connectivity index (χ0n) is 10.7. The number of halogens is 1. The fourth-order valence-corrected chi connectivity index (χ4v) is 1.90. The third kappa shape index (κ3) is 2.90. The Morgan fingerprint density at radius 1 is 1.33 bits per heavy atom. The van der Waals surface area contributed by atoms with Crippen molar-refractivity contribution in [2.45, 2.75) is 26.3 Å². The summed E-state index contributed by atoms with van der Waals surface area (Å²) >= 11 is 3.30. The molecule has 98 valence electrons. The molecule has 4 nitrogen and oxygen atoms in total. The van der Waals surface area contributed by atoms with Crippen molar-refractivity contribution < 1.29 is 9.59 Å². The molecular weight excluding hydrogens is 296 g/mol. The average molecular weight is 313 g/mol. The zero-order valence-corrected chi connectivity index (χ0v) is 12.2. The molecule has 1 atom stereocenters. The number of carbonyl (C=O) groups is 2. The van der Waals surface area contributed by atoms with Crippen LogP contribution in [0.3, 0.4) is 0 Å². The summed E-state index contributed by atoms with van der Waals surface area (Å²) in [5.41, 5.74) is 4.79. The van der Waals surface area contributed by atoms with Gasteiger partial charge in [0.15, 0.2) is 0 Å². The third-order valence-corrected chi connectivity index (χ3v) is 3.85. The highest BCUT2D eigenvalue weighted by atomic mass is 79.9. The van der Waals surface area contributed by atoms with Crippen molar-refractivity contribution in [2.75, 3.05) is 0 Å². The Morgan fingerprint density at radius 3 is 2.33 bits per heavy atom. The second-order valence-electron chi connectivity index (χ2n) is 4.66. The number of amides is 2. The normalized spacial score (nSPS) is 14.1. The van der Waals surface area contributed by atoms with Crippen molar-refractivity contribution in [1.29, 1.82) is 0 Å². The molecule has 1 rings (SSSR count). The first-order chi connectivity index (χ1) is 8.29. The van der Waals surface area contributed by atoms with Gasteiger partial charge in [0.1, 0.15) is 5.54 Å². The molecule has 0 fully saturated rings. The number of benzene rings is 1.